The summed E-state index contributed by atoms with van der Waals surface area (Å²) in [4.78, 5) is 38.6. The number of ether oxygens (including phenoxy) is 1. The standard InChI is InChI=1S/C27H32N2O5/c1-26(2,24(31)32)29(4)23(30)15-27(3,17-13-14-17)28-25(33)34-16-22-20-11-7-5-9-18(20)19-10-6-8-12-21(19)22/h5-12,17,22H,13-16H2,1-4H3,(H,28,33)(H,31,32). The van der Waals surface area contributed by atoms with Crippen LogP contribution in [0.15, 0.2) is 48.5 Å². The van der Waals surface area contributed by atoms with Gasteiger partial charge in [0.15, 0.2) is 0 Å². The number of rotatable bonds is 8. The van der Waals surface area contributed by atoms with Crippen molar-refractivity contribution in [2.24, 2.45) is 5.92 Å². The SMILES string of the molecule is CN(C(=O)CC(C)(NC(=O)OCC1c2ccccc2-c2ccccc21)C1CC1)C(C)(C)C(=O)O. The lowest BCUT2D eigenvalue weighted by atomic mass is 9.90. The Bertz CT molecular complexity index is 1080. The number of hydrogen-bond donors (Lipinski definition) is 2. The maximum absolute atomic E-state index is 12.9. The minimum Gasteiger partial charge on any atom is -0.480 e. The maximum Gasteiger partial charge on any atom is 0.407 e. The average Bonchev–Trinajstić information content (AvgIpc) is 3.61. The Morgan fingerprint density at radius 3 is 2.03 bits per heavy atom. The Kier molecular flexibility index (Phi) is 6.14. The highest BCUT2D eigenvalue weighted by molar-refractivity contribution is 5.87. The van der Waals surface area contributed by atoms with E-state index in [0.29, 0.717) is 0 Å². The molecule has 2 aliphatic carbocycles. The number of carboxylic acid groups (broad SMARTS) is 1. The number of hydrogen-bond acceptors (Lipinski definition) is 4. The minimum absolute atomic E-state index is 0.00900. The molecule has 1 unspecified atom stereocenters. The Morgan fingerprint density at radius 2 is 1.53 bits per heavy atom. The molecule has 2 aromatic carbocycles. The van der Waals surface area contributed by atoms with E-state index < -0.39 is 23.1 Å². The van der Waals surface area contributed by atoms with Gasteiger partial charge in [0.05, 0.1) is 12.0 Å². The molecule has 0 aliphatic heterocycles. The first-order valence-electron chi connectivity index (χ1n) is 11.7. The second-order valence-electron chi connectivity index (χ2n) is 10.1. The molecule has 1 fully saturated rings. The summed E-state index contributed by atoms with van der Waals surface area (Å²) < 4.78 is 5.69. The quantitative estimate of drug-likeness (QED) is 0.604. The predicted octanol–water partition coefficient (Wildman–Crippen LogP) is 4.41. The van der Waals surface area contributed by atoms with Crippen LogP contribution >= 0.6 is 0 Å². The van der Waals surface area contributed by atoms with Crippen LogP contribution in [-0.4, -0.2) is 52.7 Å². The van der Waals surface area contributed by atoms with E-state index in [9.17, 15) is 19.5 Å². The largest absolute Gasteiger partial charge is 0.480 e. The summed E-state index contributed by atoms with van der Waals surface area (Å²) in [6.07, 6.45) is 1.25. The van der Waals surface area contributed by atoms with Crippen LogP contribution in [0.25, 0.3) is 11.1 Å². The monoisotopic (exact) mass is 464 g/mol. The number of nitrogens with one attached hydrogen (secondary N) is 1. The smallest absolute Gasteiger partial charge is 0.407 e. The second-order valence-corrected chi connectivity index (χ2v) is 10.1. The Balaban J connectivity index is 1.43. The van der Waals surface area contributed by atoms with Crippen molar-refractivity contribution in [2.45, 2.75) is 57.0 Å². The second kappa shape index (κ2) is 8.78. The molecule has 2 N–H and O–H groups in total. The van der Waals surface area contributed by atoms with Gasteiger partial charge in [-0.2, -0.15) is 0 Å². The number of nitrogens with zero attached hydrogens (tertiary/aromatic N) is 1. The number of amides is 2. The molecule has 0 spiro atoms. The lowest BCUT2D eigenvalue weighted by Crippen LogP contribution is -2.55. The number of carboxylic acids is 1. The number of likely N-dealkylation sites (N-methyl/N-ethyl adjacent to an activating group) is 1. The van der Waals surface area contributed by atoms with Gasteiger partial charge in [-0.1, -0.05) is 48.5 Å². The topological polar surface area (TPSA) is 95.9 Å². The molecule has 0 saturated heterocycles. The Hall–Kier alpha value is -3.35. The maximum atomic E-state index is 12.9. The first-order chi connectivity index (χ1) is 16.0. The summed E-state index contributed by atoms with van der Waals surface area (Å²) in [5.74, 6) is -1.31. The van der Waals surface area contributed by atoms with Gasteiger partial charge in [-0.25, -0.2) is 9.59 Å². The third kappa shape index (κ3) is 4.39. The van der Waals surface area contributed by atoms with Gasteiger partial charge in [-0.05, 0) is 61.8 Å². The molecule has 0 aromatic heterocycles. The molecular weight excluding hydrogens is 432 g/mol. The van der Waals surface area contributed by atoms with Crippen LogP contribution < -0.4 is 5.32 Å². The number of benzene rings is 2. The van der Waals surface area contributed by atoms with Crippen molar-refractivity contribution >= 4 is 18.0 Å². The highest BCUT2D eigenvalue weighted by Gasteiger charge is 2.46. The Morgan fingerprint density at radius 1 is 1.00 bits per heavy atom. The molecule has 1 saturated carbocycles. The third-order valence-corrected chi connectivity index (χ3v) is 7.46. The van der Waals surface area contributed by atoms with Crippen molar-refractivity contribution in [1.29, 1.82) is 0 Å². The summed E-state index contributed by atoms with van der Waals surface area (Å²) in [6, 6.07) is 16.3. The fourth-order valence-electron chi connectivity index (χ4n) is 4.77. The van der Waals surface area contributed by atoms with Gasteiger partial charge in [0.25, 0.3) is 0 Å². The van der Waals surface area contributed by atoms with E-state index >= 15 is 0 Å². The summed E-state index contributed by atoms with van der Waals surface area (Å²) in [7, 11) is 1.48. The number of carbonyl (C=O) groups excluding carboxylic acids is 2. The zero-order valence-electron chi connectivity index (χ0n) is 20.1. The van der Waals surface area contributed by atoms with Crippen LogP contribution in [0.5, 0.6) is 0 Å². The van der Waals surface area contributed by atoms with Gasteiger partial charge in [-0.15, -0.1) is 0 Å². The fraction of sp³-hybridized carbons (Fsp3) is 0.444. The lowest BCUT2D eigenvalue weighted by Gasteiger charge is -2.36. The molecule has 180 valence electrons. The van der Waals surface area contributed by atoms with Crippen LogP contribution in [0.2, 0.25) is 0 Å². The lowest BCUT2D eigenvalue weighted by molar-refractivity contribution is -0.155. The van der Waals surface area contributed by atoms with E-state index in [0.717, 1.165) is 35.1 Å². The zero-order chi connectivity index (χ0) is 24.7. The Labute approximate surface area is 200 Å². The summed E-state index contributed by atoms with van der Waals surface area (Å²) in [5.41, 5.74) is 2.44. The number of carbonyl (C=O) groups is 3. The molecule has 34 heavy (non-hydrogen) atoms. The number of alkyl carbamates (subject to hydrolysis) is 1. The summed E-state index contributed by atoms with van der Waals surface area (Å²) in [5, 5.41) is 12.4. The van der Waals surface area contributed by atoms with Crippen molar-refractivity contribution in [3.05, 3.63) is 59.7 Å². The molecule has 7 nitrogen and oxygen atoms in total. The normalized spacial score (nSPS) is 16.7. The van der Waals surface area contributed by atoms with Crippen molar-refractivity contribution in [3.63, 3.8) is 0 Å². The molecule has 2 aliphatic rings. The van der Waals surface area contributed by atoms with E-state index in [2.05, 4.69) is 29.6 Å². The van der Waals surface area contributed by atoms with Crippen LogP contribution in [-0.2, 0) is 14.3 Å². The molecular formula is C27H32N2O5. The van der Waals surface area contributed by atoms with Crippen LogP contribution in [0.3, 0.4) is 0 Å². The average molecular weight is 465 g/mol. The van der Waals surface area contributed by atoms with E-state index in [-0.39, 0.29) is 30.8 Å². The molecule has 1 atom stereocenters. The van der Waals surface area contributed by atoms with Gasteiger partial charge >= 0.3 is 12.1 Å². The zero-order valence-corrected chi connectivity index (χ0v) is 20.1. The van der Waals surface area contributed by atoms with Crippen LogP contribution in [0, 0.1) is 5.92 Å². The molecule has 0 radical (unpaired) electrons. The van der Waals surface area contributed by atoms with E-state index in [4.69, 9.17) is 4.74 Å². The van der Waals surface area contributed by atoms with Gasteiger partial charge in [0.2, 0.25) is 5.91 Å². The van der Waals surface area contributed by atoms with Gasteiger partial charge in [0, 0.05) is 13.0 Å². The van der Waals surface area contributed by atoms with Crippen molar-refractivity contribution in [1.82, 2.24) is 10.2 Å². The van der Waals surface area contributed by atoms with E-state index in [1.807, 2.05) is 31.2 Å². The number of fused-ring (bicyclic) bond motifs is 3. The molecule has 0 heterocycles. The van der Waals surface area contributed by atoms with Crippen LogP contribution in [0.4, 0.5) is 4.79 Å². The van der Waals surface area contributed by atoms with Crippen molar-refractivity contribution in [2.75, 3.05) is 13.7 Å². The molecule has 2 aromatic rings. The van der Waals surface area contributed by atoms with Gasteiger partial charge in [-0.3, -0.25) is 4.79 Å². The first-order valence-corrected chi connectivity index (χ1v) is 11.7. The molecule has 0 bridgehead atoms. The predicted molar refractivity (Wildman–Crippen MR) is 128 cm³/mol. The van der Waals surface area contributed by atoms with Crippen molar-refractivity contribution < 1.29 is 24.2 Å². The molecule has 4 rings (SSSR count). The summed E-state index contributed by atoms with van der Waals surface area (Å²) in [6.45, 7) is 5.01. The van der Waals surface area contributed by atoms with Crippen LogP contribution in [0.1, 0.15) is 57.1 Å². The van der Waals surface area contributed by atoms with Crippen molar-refractivity contribution in [3.8, 4) is 11.1 Å². The third-order valence-electron chi connectivity index (χ3n) is 7.46. The summed E-state index contributed by atoms with van der Waals surface area (Å²) >= 11 is 0. The minimum atomic E-state index is -1.34. The highest BCUT2D eigenvalue weighted by Crippen LogP contribution is 2.45. The van der Waals surface area contributed by atoms with E-state index in [1.54, 1.807) is 0 Å². The molecule has 2 amide bonds. The van der Waals surface area contributed by atoms with E-state index in [1.165, 1.54) is 25.8 Å². The number of aliphatic carboxylic acids is 1. The highest BCUT2D eigenvalue weighted by atomic mass is 16.5. The first kappa shape index (κ1) is 23.8. The molecule has 7 heteroatoms. The van der Waals surface area contributed by atoms with Gasteiger partial charge in [0.1, 0.15) is 12.1 Å². The van der Waals surface area contributed by atoms with Gasteiger partial charge < -0.3 is 20.1 Å². The fourth-order valence-corrected chi connectivity index (χ4v) is 4.77.